The Hall–Kier alpha value is -8.00. The number of nitrogens with zero attached hydrogens (tertiary/aromatic N) is 13. The fourth-order valence-electron chi connectivity index (χ4n) is 12.5. The van der Waals surface area contributed by atoms with Gasteiger partial charge in [0.2, 0.25) is 0 Å². The highest BCUT2D eigenvalue weighted by atomic mass is 35.5. The number of hydrogen-bond donors (Lipinski definition) is 1. The van der Waals surface area contributed by atoms with Crippen LogP contribution in [-0.2, 0) is 9.47 Å². The van der Waals surface area contributed by atoms with Crippen LogP contribution in [0.3, 0.4) is 0 Å². The van der Waals surface area contributed by atoms with E-state index in [1.165, 1.54) is 17.6 Å². The molecule has 16 nitrogen and oxygen atoms in total. The second kappa shape index (κ2) is 27.8. The Bertz CT molecular complexity index is 3970. The van der Waals surface area contributed by atoms with Gasteiger partial charge in [0.1, 0.15) is 28.6 Å². The number of nitrogens with one attached hydrogen (secondary N) is 1. The van der Waals surface area contributed by atoms with Crippen molar-refractivity contribution in [3.05, 3.63) is 192 Å². The second-order valence-corrected chi connectivity index (χ2v) is 24.3. The van der Waals surface area contributed by atoms with Crippen molar-refractivity contribution in [3.63, 3.8) is 0 Å². The highest BCUT2D eigenvalue weighted by molar-refractivity contribution is 6.31. The zero-order valence-corrected chi connectivity index (χ0v) is 51.7. The van der Waals surface area contributed by atoms with Gasteiger partial charge in [0.25, 0.3) is 0 Å². The number of likely N-dealkylation sites (tertiary alicyclic amines) is 1. The van der Waals surface area contributed by atoms with Crippen LogP contribution in [0, 0.1) is 5.82 Å². The van der Waals surface area contributed by atoms with Gasteiger partial charge in [-0.15, -0.1) is 0 Å². The minimum Gasteiger partial charge on any atom is -0.381 e. The molecule has 12 aromatic rings. The number of hydrogen-bond acceptors (Lipinski definition) is 12. The van der Waals surface area contributed by atoms with E-state index in [2.05, 4.69) is 68.1 Å². The Morgan fingerprint density at radius 3 is 0.978 bits per heavy atom. The molecule has 0 amide bonds. The third kappa shape index (κ3) is 13.5. The molecule has 454 valence electrons. The first-order valence-electron chi connectivity index (χ1n) is 30.6. The van der Waals surface area contributed by atoms with Crippen LogP contribution in [-0.4, -0.2) is 124 Å². The third-order valence-corrected chi connectivity index (χ3v) is 18.0. The number of fused-ring (bicyclic) bond motifs is 4. The Morgan fingerprint density at radius 1 is 0.382 bits per heavy atom. The number of benzene rings is 4. The lowest BCUT2D eigenvalue weighted by molar-refractivity contribution is 0.0674. The number of halogens is 4. The zero-order chi connectivity index (χ0) is 60.6. The summed E-state index contributed by atoms with van der Waals surface area (Å²) in [5, 5.41) is 29.5. The molecule has 4 aliphatic heterocycles. The molecule has 20 heteroatoms. The number of piperidine rings is 2. The van der Waals surface area contributed by atoms with Crippen molar-refractivity contribution >= 4 is 78.4 Å². The van der Waals surface area contributed by atoms with Gasteiger partial charge < -0.3 is 19.7 Å². The van der Waals surface area contributed by atoms with Gasteiger partial charge in [0.05, 0.1) is 46.2 Å². The zero-order valence-electron chi connectivity index (χ0n) is 49.4. The molecule has 89 heavy (non-hydrogen) atoms. The summed E-state index contributed by atoms with van der Waals surface area (Å²) in [5.41, 5.74) is 12.5. The summed E-state index contributed by atoms with van der Waals surface area (Å²) in [6.07, 6.45) is 23.3. The Labute approximate surface area is 530 Å². The summed E-state index contributed by atoms with van der Waals surface area (Å²) < 4.78 is 32.7. The summed E-state index contributed by atoms with van der Waals surface area (Å²) in [7, 11) is 2.18. The van der Waals surface area contributed by atoms with E-state index in [0.29, 0.717) is 24.2 Å². The maximum atomic E-state index is 13.2. The normalized spacial score (nSPS) is 16.4. The van der Waals surface area contributed by atoms with Crippen LogP contribution < -0.4 is 5.32 Å². The van der Waals surface area contributed by atoms with Crippen LogP contribution in [0.2, 0.25) is 15.1 Å². The van der Waals surface area contributed by atoms with Crippen molar-refractivity contribution in [1.29, 1.82) is 0 Å². The summed E-state index contributed by atoms with van der Waals surface area (Å²) in [6.45, 7) is 7.47. The minimum atomic E-state index is -0.241. The molecular formula is C69H68Cl3FN14O2. The van der Waals surface area contributed by atoms with E-state index in [0.717, 1.165) is 202 Å². The molecule has 0 spiro atoms. The smallest absolute Gasteiger partial charge is 0.123 e. The maximum Gasteiger partial charge on any atom is 0.123 e. The lowest BCUT2D eigenvalue weighted by Gasteiger charge is -2.29. The topological polar surface area (TPSA) is 157 Å². The van der Waals surface area contributed by atoms with E-state index in [1.807, 2.05) is 128 Å². The number of aromatic nitrogens is 12. The van der Waals surface area contributed by atoms with Gasteiger partial charge in [-0.05, 0) is 170 Å². The molecule has 4 fully saturated rings. The summed E-state index contributed by atoms with van der Waals surface area (Å²) in [4.78, 5) is 19.5. The predicted octanol–water partition coefficient (Wildman–Crippen LogP) is 15.4. The fourth-order valence-corrected chi connectivity index (χ4v) is 12.9. The van der Waals surface area contributed by atoms with Gasteiger partial charge in [0, 0.05) is 135 Å². The van der Waals surface area contributed by atoms with E-state index in [9.17, 15) is 4.39 Å². The molecule has 0 unspecified atom stereocenters. The van der Waals surface area contributed by atoms with Crippen LogP contribution >= 0.6 is 34.8 Å². The SMILES string of the molecule is CN1CCC(n2nc(-c3ccc(Cl)cc3)c3cnccc32)CC1.Clc1ccc(-c2nn(C3CCNCC3)c3ccncc23)cc1.Clc1ccc(-c2nn(C3CCOCC3)c3ccncc23)cc1.Fc1ccc(-c2nn(C3CCOCC3)c3ccncc23)cc1. The summed E-state index contributed by atoms with van der Waals surface area (Å²) in [6, 6.07) is 39.8. The molecule has 4 aromatic carbocycles. The summed E-state index contributed by atoms with van der Waals surface area (Å²) in [5.74, 6) is -0.241. The highest BCUT2D eigenvalue weighted by Gasteiger charge is 2.26. The largest absolute Gasteiger partial charge is 0.381 e. The Balaban J connectivity index is 0.000000109. The molecular weight excluding hydrogens is 1180 g/mol. The quantitative estimate of drug-likeness (QED) is 0.154. The van der Waals surface area contributed by atoms with Crippen molar-refractivity contribution in [2.75, 3.05) is 59.7 Å². The lowest BCUT2D eigenvalue weighted by atomic mass is 10.1. The lowest BCUT2D eigenvalue weighted by Crippen LogP contribution is -2.31. The number of pyridine rings is 4. The van der Waals surface area contributed by atoms with E-state index < -0.39 is 0 Å². The Morgan fingerprint density at radius 2 is 0.663 bits per heavy atom. The summed E-state index contributed by atoms with van der Waals surface area (Å²) >= 11 is 18.0. The molecule has 1 N–H and O–H groups in total. The van der Waals surface area contributed by atoms with E-state index in [1.54, 1.807) is 18.3 Å². The molecule has 4 aliphatic rings. The molecule has 0 radical (unpaired) electrons. The van der Waals surface area contributed by atoms with Crippen molar-refractivity contribution in [1.82, 2.24) is 69.3 Å². The van der Waals surface area contributed by atoms with Gasteiger partial charge >= 0.3 is 0 Å². The van der Waals surface area contributed by atoms with Crippen molar-refractivity contribution in [2.45, 2.75) is 75.5 Å². The van der Waals surface area contributed by atoms with Crippen LogP contribution in [0.5, 0.6) is 0 Å². The van der Waals surface area contributed by atoms with Gasteiger partial charge in [-0.1, -0.05) is 71.2 Å². The van der Waals surface area contributed by atoms with Gasteiger partial charge in [-0.2, -0.15) is 20.4 Å². The highest BCUT2D eigenvalue weighted by Crippen LogP contribution is 2.37. The van der Waals surface area contributed by atoms with E-state index >= 15 is 0 Å². The molecule has 4 saturated heterocycles. The first-order valence-corrected chi connectivity index (χ1v) is 31.7. The van der Waals surface area contributed by atoms with Crippen molar-refractivity contribution in [3.8, 4) is 45.0 Å². The average Bonchev–Trinajstić information content (AvgIpc) is 1.87. The molecule has 0 saturated carbocycles. The first kappa shape index (κ1) is 59.9. The number of ether oxygens (including phenoxy) is 2. The Kier molecular flexibility index (Phi) is 18.7. The van der Waals surface area contributed by atoms with Crippen LogP contribution in [0.1, 0.15) is 75.5 Å². The fraction of sp³-hybridized carbons (Fsp3) is 0.304. The third-order valence-electron chi connectivity index (χ3n) is 17.3. The molecule has 0 bridgehead atoms. The maximum absolute atomic E-state index is 13.2. The minimum absolute atomic E-state index is 0.241. The molecule has 16 rings (SSSR count). The van der Waals surface area contributed by atoms with Gasteiger partial charge in [-0.25, -0.2) is 4.39 Å². The molecule has 8 aromatic heterocycles. The van der Waals surface area contributed by atoms with Crippen molar-refractivity contribution < 1.29 is 13.9 Å². The number of rotatable bonds is 8. The van der Waals surface area contributed by atoms with Crippen LogP contribution in [0.15, 0.2) is 171 Å². The predicted molar refractivity (Wildman–Crippen MR) is 352 cm³/mol. The van der Waals surface area contributed by atoms with E-state index in [-0.39, 0.29) is 5.82 Å². The van der Waals surface area contributed by atoms with E-state index in [4.69, 9.17) is 64.7 Å². The monoisotopic (exact) mass is 1250 g/mol. The van der Waals surface area contributed by atoms with Crippen LogP contribution in [0.25, 0.3) is 88.6 Å². The molecule has 0 atom stereocenters. The van der Waals surface area contributed by atoms with Crippen molar-refractivity contribution in [2.24, 2.45) is 0 Å². The first-order chi connectivity index (χ1) is 43.7. The standard InChI is InChI=1S/C18H19ClN4.C17H17ClN4.C17H16ClN3O.C17H16FN3O/c1-22-10-7-15(8-11-22)23-17-6-9-20-12-16(17)18(21-23)13-2-4-14(19)5-3-13;18-13-3-1-12(2-4-13)17-15-11-20-10-7-16(15)22(21-17)14-5-8-19-9-6-14;2*18-13-3-1-12(2-4-13)17-15-11-19-8-5-16(15)21(20-17)14-6-9-22-10-7-14/h2-6,9,12,15H,7-8,10-11H2,1H3;1-4,7,10-11,14,19H,5-6,8-9H2;2*1-5,8,11,14H,6-7,9-10H2. The molecule has 12 heterocycles. The second-order valence-electron chi connectivity index (χ2n) is 23.0. The average molecular weight is 1250 g/mol. The molecule has 0 aliphatic carbocycles. The van der Waals surface area contributed by atoms with Gasteiger partial charge in [0.15, 0.2) is 0 Å². The van der Waals surface area contributed by atoms with Crippen LogP contribution in [0.4, 0.5) is 4.39 Å². The van der Waals surface area contributed by atoms with Gasteiger partial charge in [-0.3, -0.25) is 38.7 Å².